The molecule has 0 radical (unpaired) electrons. The molecule has 0 spiro atoms. The van der Waals surface area contributed by atoms with Crippen molar-refractivity contribution < 1.29 is 4.79 Å². The van der Waals surface area contributed by atoms with Crippen LogP contribution in [0.2, 0.25) is 0 Å². The van der Waals surface area contributed by atoms with Gasteiger partial charge in [-0.05, 0) is 50.3 Å². The number of para-hydroxylation sites is 1. The summed E-state index contributed by atoms with van der Waals surface area (Å²) < 4.78 is 0. The summed E-state index contributed by atoms with van der Waals surface area (Å²) in [7, 11) is 0. The number of fused-ring (bicyclic) bond motifs is 2. The molecule has 5 heteroatoms. The zero-order valence-electron chi connectivity index (χ0n) is 14.0. The van der Waals surface area contributed by atoms with Crippen LogP contribution < -0.4 is 11.1 Å². The van der Waals surface area contributed by atoms with Crippen molar-refractivity contribution in [3.8, 4) is 0 Å². The first-order valence-electron chi connectivity index (χ1n) is 9.05. The fourth-order valence-corrected chi connectivity index (χ4v) is 4.29. The molecule has 2 aliphatic heterocycles. The zero-order chi connectivity index (χ0) is 16.5. The first-order valence-corrected chi connectivity index (χ1v) is 9.05. The zero-order valence-corrected chi connectivity index (χ0v) is 14.0. The van der Waals surface area contributed by atoms with Gasteiger partial charge in [-0.15, -0.1) is 0 Å². The number of hydrogen-bond donors (Lipinski definition) is 3. The number of amides is 1. The van der Waals surface area contributed by atoms with E-state index in [0.29, 0.717) is 12.5 Å². The Bertz CT molecular complexity index is 725. The van der Waals surface area contributed by atoms with Crippen LogP contribution in [-0.2, 0) is 11.2 Å². The van der Waals surface area contributed by atoms with Gasteiger partial charge in [0.1, 0.15) is 0 Å². The molecule has 1 aromatic heterocycles. The van der Waals surface area contributed by atoms with Gasteiger partial charge in [-0.25, -0.2) is 0 Å². The molecule has 4 N–H and O–H groups in total. The van der Waals surface area contributed by atoms with Crippen LogP contribution >= 0.6 is 0 Å². The summed E-state index contributed by atoms with van der Waals surface area (Å²) in [4.78, 5) is 18.3. The summed E-state index contributed by atoms with van der Waals surface area (Å²) in [5, 5.41) is 4.34. The molecule has 2 aliphatic rings. The summed E-state index contributed by atoms with van der Waals surface area (Å²) in [6.45, 7) is 2.33. The third-order valence-corrected chi connectivity index (χ3v) is 5.62. The van der Waals surface area contributed by atoms with Gasteiger partial charge in [0.2, 0.25) is 5.91 Å². The number of piperidine rings is 1. The number of rotatable bonds is 4. The van der Waals surface area contributed by atoms with Crippen molar-refractivity contribution in [3.05, 3.63) is 36.0 Å². The number of nitrogens with one attached hydrogen (secondary N) is 2. The van der Waals surface area contributed by atoms with E-state index in [4.69, 9.17) is 5.73 Å². The predicted octanol–water partition coefficient (Wildman–Crippen LogP) is 1.78. The standard InChI is InChI=1S/C19H26N4O/c20-17(10-13-12-21-18-6-2-1-5-16(13)18)19(24)22-14-7-9-23-8-3-4-15(23)11-14/h1-2,5-6,12,14-15,17,21H,3-4,7-11,20H2,(H,22,24)/t14?,15?,17-/m0/s1. The van der Waals surface area contributed by atoms with Gasteiger partial charge >= 0.3 is 0 Å². The number of carbonyl (C=O) groups is 1. The van der Waals surface area contributed by atoms with Gasteiger partial charge in [0.05, 0.1) is 6.04 Å². The Hall–Kier alpha value is -1.85. The fraction of sp³-hybridized carbons (Fsp3) is 0.526. The van der Waals surface area contributed by atoms with Crippen LogP contribution in [0, 0.1) is 0 Å². The highest BCUT2D eigenvalue weighted by molar-refractivity contribution is 5.86. The molecule has 3 atom stereocenters. The first kappa shape index (κ1) is 15.7. The SMILES string of the molecule is N[C@@H](Cc1c[nH]c2ccccc12)C(=O)NC1CCN2CCCC2C1. The van der Waals surface area contributed by atoms with Crippen LogP contribution in [0.4, 0.5) is 0 Å². The molecule has 1 amide bonds. The number of H-pyrrole nitrogens is 1. The molecule has 2 aromatic rings. The molecule has 2 fully saturated rings. The van der Waals surface area contributed by atoms with Crippen molar-refractivity contribution in [2.45, 2.75) is 50.2 Å². The van der Waals surface area contributed by atoms with E-state index in [-0.39, 0.29) is 11.9 Å². The van der Waals surface area contributed by atoms with Gasteiger partial charge in [-0.3, -0.25) is 4.79 Å². The van der Waals surface area contributed by atoms with E-state index in [1.54, 1.807) is 0 Å². The summed E-state index contributed by atoms with van der Waals surface area (Å²) in [5.41, 5.74) is 8.39. The van der Waals surface area contributed by atoms with E-state index < -0.39 is 6.04 Å². The van der Waals surface area contributed by atoms with Crippen LogP contribution in [0.1, 0.15) is 31.2 Å². The van der Waals surface area contributed by atoms with Crippen molar-refractivity contribution in [2.75, 3.05) is 13.1 Å². The van der Waals surface area contributed by atoms with E-state index >= 15 is 0 Å². The summed E-state index contributed by atoms with van der Waals surface area (Å²) in [5.74, 6) is -0.0169. The Labute approximate surface area is 142 Å². The number of nitrogens with zero attached hydrogens (tertiary/aromatic N) is 1. The van der Waals surface area contributed by atoms with E-state index in [1.807, 2.05) is 24.4 Å². The highest BCUT2D eigenvalue weighted by atomic mass is 16.2. The van der Waals surface area contributed by atoms with Gasteiger partial charge in [-0.2, -0.15) is 0 Å². The van der Waals surface area contributed by atoms with Gasteiger partial charge in [-0.1, -0.05) is 18.2 Å². The Balaban J connectivity index is 1.36. The van der Waals surface area contributed by atoms with Crippen LogP contribution in [0.3, 0.4) is 0 Å². The van der Waals surface area contributed by atoms with Crippen LogP contribution in [0.15, 0.2) is 30.5 Å². The summed E-state index contributed by atoms with van der Waals surface area (Å²) in [6, 6.07) is 8.58. The second-order valence-corrected chi connectivity index (χ2v) is 7.23. The number of nitrogens with two attached hydrogens (primary N) is 1. The third kappa shape index (κ3) is 3.06. The number of aromatic amines is 1. The average molecular weight is 326 g/mol. The van der Waals surface area contributed by atoms with Crippen LogP contribution in [0.25, 0.3) is 10.9 Å². The molecule has 1 aromatic carbocycles. The maximum Gasteiger partial charge on any atom is 0.237 e. The predicted molar refractivity (Wildman–Crippen MR) is 95.7 cm³/mol. The minimum absolute atomic E-state index is 0.0169. The smallest absolute Gasteiger partial charge is 0.237 e. The van der Waals surface area contributed by atoms with E-state index in [0.717, 1.165) is 35.9 Å². The molecule has 3 heterocycles. The lowest BCUT2D eigenvalue weighted by Crippen LogP contribution is -2.51. The lowest BCUT2D eigenvalue weighted by atomic mass is 9.97. The highest BCUT2D eigenvalue weighted by Crippen LogP contribution is 2.27. The normalized spacial score (nSPS) is 25.5. The van der Waals surface area contributed by atoms with Crippen molar-refractivity contribution in [1.82, 2.24) is 15.2 Å². The molecule has 2 saturated heterocycles. The number of aromatic nitrogens is 1. The maximum atomic E-state index is 12.5. The maximum absolute atomic E-state index is 12.5. The lowest BCUT2D eigenvalue weighted by molar-refractivity contribution is -0.123. The molecular weight excluding hydrogens is 300 g/mol. The third-order valence-electron chi connectivity index (χ3n) is 5.62. The Morgan fingerprint density at radius 2 is 2.21 bits per heavy atom. The van der Waals surface area contributed by atoms with E-state index in [9.17, 15) is 4.79 Å². The molecule has 5 nitrogen and oxygen atoms in total. The van der Waals surface area contributed by atoms with E-state index in [1.165, 1.54) is 19.4 Å². The number of hydrogen-bond acceptors (Lipinski definition) is 3. The molecule has 0 saturated carbocycles. The minimum Gasteiger partial charge on any atom is -0.361 e. The second-order valence-electron chi connectivity index (χ2n) is 7.23. The van der Waals surface area contributed by atoms with Crippen LogP contribution in [0.5, 0.6) is 0 Å². The fourth-order valence-electron chi connectivity index (χ4n) is 4.29. The second kappa shape index (κ2) is 6.57. The average Bonchev–Trinajstić information content (AvgIpc) is 3.21. The van der Waals surface area contributed by atoms with Gasteiger partial charge in [0.15, 0.2) is 0 Å². The largest absolute Gasteiger partial charge is 0.361 e. The minimum atomic E-state index is -0.495. The molecular formula is C19H26N4O. The Morgan fingerprint density at radius 3 is 3.12 bits per heavy atom. The van der Waals surface area contributed by atoms with Crippen molar-refractivity contribution in [3.63, 3.8) is 0 Å². The topological polar surface area (TPSA) is 74.1 Å². The number of carbonyl (C=O) groups excluding carboxylic acids is 1. The van der Waals surface area contributed by atoms with Crippen molar-refractivity contribution in [2.24, 2.45) is 5.73 Å². The summed E-state index contributed by atoms with van der Waals surface area (Å²) in [6.07, 6.45) is 7.22. The lowest BCUT2D eigenvalue weighted by Gasteiger charge is -2.35. The Morgan fingerprint density at radius 1 is 1.33 bits per heavy atom. The molecule has 128 valence electrons. The monoisotopic (exact) mass is 326 g/mol. The van der Waals surface area contributed by atoms with Gasteiger partial charge in [0, 0.05) is 35.7 Å². The van der Waals surface area contributed by atoms with Gasteiger partial charge in [0.25, 0.3) is 0 Å². The molecule has 4 rings (SSSR count). The van der Waals surface area contributed by atoms with Crippen molar-refractivity contribution in [1.29, 1.82) is 0 Å². The molecule has 0 aliphatic carbocycles. The molecule has 24 heavy (non-hydrogen) atoms. The Kier molecular flexibility index (Phi) is 4.29. The molecule has 0 bridgehead atoms. The van der Waals surface area contributed by atoms with E-state index in [2.05, 4.69) is 21.3 Å². The number of benzene rings is 1. The first-order chi connectivity index (χ1) is 11.7. The quantitative estimate of drug-likeness (QED) is 0.802. The van der Waals surface area contributed by atoms with Gasteiger partial charge < -0.3 is 20.9 Å². The van der Waals surface area contributed by atoms with Crippen LogP contribution in [-0.4, -0.2) is 47.0 Å². The highest BCUT2D eigenvalue weighted by Gasteiger charge is 2.32. The molecule has 2 unspecified atom stereocenters. The van der Waals surface area contributed by atoms with Crippen molar-refractivity contribution >= 4 is 16.8 Å². The summed E-state index contributed by atoms with van der Waals surface area (Å²) >= 11 is 0.